The molecule has 53 heavy (non-hydrogen) atoms. The normalized spacial score (nSPS) is 13.6. The average Bonchev–Trinajstić information content (AvgIpc) is 3.90. The zero-order valence-corrected chi connectivity index (χ0v) is 28.8. The number of aryl methyl sites for hydroxylation is 1. The number of amides is 3. The van der Waals surface area contributed by atoms with E-state index in [0.29, 0.717) is 30.0 Å². The first-order chi connectivity index (χ1) is 25.2. The summed E-state index contributed by atoms with van der Waals surface area (Å²) in [6.07, 6.45) is -2.76. The molecular weight excluding hydrogens is 721 g/mol. The van der Waals surface area contributed by atoms with E-state index in [1.807, 2.05) is 43.3 Å². The van der Waals surface area contributed by atoms with E-state index >= 15 is 0 Å². The smallest absolute Gasteiger partial charge is 0.422 e. The predicted octanol–water partition coefficient (Wildman–Crippen LogP) is 4.28. The highest BCUT2D eigenvalue weighted by atomic mass is 35.5. The standard InChI is InChI=1S/C35H34ClF3N8O6/c1-20-2-4-21(5-3-20)14-17-40-28(49)29(50)41-18-26(30(51)52)43-27(48)22-6-12-25(13-7-22)42-31-44-32(46-33(45-31)53-19-35(37,38)39)47-34(15-16-34)23-8-10-24(36)11-9-23/h2-13,26H,14-19H2,1H3,(H,40,49)(H,41,50)(H,43,48)(H,51,52)(H2,42,44,45,46,47)/t26-/m0/s1. The van der Waals surface area contributed by atoms with Crippen LogP contribution in [-0.2, 0) is 26.3 Å². The number of alkyl halides is 3. The van der Waals surface area contributed by atoms with Crippen molar-refractivity contribution in [3.05, 3.63) is 100 Å². The first kappa shape index (κ1) is 38.3. The monoisotopic (exact) mass is 754 g/mol. The Hall–Kier alpha value is -5.97. The summed E-state index contributed by atoms with van der Waals surface area (Å²) in [4.78, 5) is 61.4. The summed E-state index contributed by atoms with van der Waals surface area (Å²) in [6.45, 7) is -0.0762. The highest BCUT2D eigenvalue weighted by Crippen LogP contribution is 2.48. The fourth-order valence-corrected chi connectivity index (χ4v) is 5.11. The lowest BCUT2D eigenvalue weighted by Gasteiger charge is -2.19. The molecule has 1 atom stereocenters. The minimum atomic E-state index is -4.65. The molecule has 1 aliphatic rings. The lowest BCUT2D eigenvalue weighted by molar-refractivity contribution is -0.154. The SMILES string of the molecule is Cc1ccc(CCNC(=O)C(=O)NC[C@H](NC(=O)c2ccc(Nc3nc(NC4(c5ccc(Cl)cc5)CC4)nc(OCC(F)(F)F)n3)cc2)C(=O)O)cc1. The summed E-state index contributed by atoms with van der Waals surface area (Å²) in [6, 6.07) is 18.1. The third-order valence-corrected chi connectivity index (χ3v) is 8.23. The van der Waals surface area contributed by atoms with Gasteiger partial charge in [-0.1, -0.05) is 53.6 Å². The molecule has 278 valence electrons. The summed E-state index contributed by atoms with van der Waals surface area (Å²) in [7, 11) is 0. The van der Waals surface area contributed by atoms with E-state index in [1.54, 1.807) is 12.1 Å². The number of hydrogen-bond acceptors (Lipinski definition) is 10. The fourth-order valence-electron chi connectivity index (χ4n) is 4.98. The van der Waals surface area contributed by atoms with Crippen LogP contribution in [0, 0.1) is 6.92 Å². The average molecular weight is 755 g/mol. The molecule has 0 radical (unpaired) electrons. The van der Waals surface area contributed by atoms with Crippen LogP contribution in [-0.4, -0.2) is 75.7 Å². The Morgan fingerprint density at radius 1 is 0.887 bits per heavy atom. The third-order valence-electron chi connectivity index (χ3n) is 7.98. The minimum Gasteiger partial charge on any atom is -0.480 e. The van der Waals surface area contributed by atoms with E-state index in [9.17, 15) is 37.5 Å². The molecule has 0 spiro atoms. The maximum Gasteiger partial charge on any atom is 0.422 e. The van der Waals surface area contributed by atoms with Crippen LogP contribution in [0.15, 0.2) is 72.8 Å². The number of halogens is 4. The Labute approximate surface area is 305 Å². The van der Waals surface area contributed by atoms with Crippen molar-refractivity contribution >= 4 is 52.9 Å². The predicted molar refractivity (Wildman–Crippen MR) is 187 cm³/mol. The van der Waals surface area contributed by atoms with Crippen LogP contribution in [0.5, 0.6) is 6.01 Å². The number of nitrogens with zero attached hydrogens (tertiary/aromatic N) is 3. The lowest BCUT2D eigenvalue weighted by Crippen LogP contribution is -2.51. The van der Waals surface area contributed by atoms with E-state index in [-0.39, 0.29) is 24.0 Å². The van der Waals surface area contributed by atoms with Crippen LogP contribution in [0.4, 0.5) is 30.8 Å². The van der Waals surface area contributed by atoms with Gasteiger partial charge in [-0.2, -0.15) is 28.1 Å². The van der Waals surface area contributed by atoms with Gasteiger partial charge in [-0.25, -0.2) is 4.79 Å². The molecule has 0 saturated heterocycles. The Morgan fingerprint density at radius 3 is 2.15 bits per heavy atom. The van der Waals surface area contributed by atoms with E-state index < -0.39 is 60.6 Å². The number of anilines is 3. The zero-order chi connectivity index (χ0) is 38.2. The van der Waals surface area contributed by atoms with Crippen molar-refractivity contribution in [3.63, 3.8) is 0 Å². The molecular formula is C35H34ClF3N8O6. The van der Waals surface area contributed by atoms with Gasteiger partial charge in [0.15, 0.2) is 6.61 Å². The van der Waals surface area contributed by atoms with E-state index in [2.05, 4.69) is 41.5 Å². The minimum absolute atomic E-state index is 0.0350. The van der Waals surface area contributed by atoms with Gasteiger partial charge in [0, 0.05) is 29.4 Å². The van der Waals surface area contributed by atoms with Crippen molar-refractivity contribution in [2.45, 2.75) is 43.9 Å². The summed E-state index contributed by atoms with van der Waals surface area (Å²) >= 11 is 6.01. The number of nitrogens with one attached hydrogen (secondary N) is 5. The van der Waals surface area contributed by atoms with Crippen LogP contribution in [0.3, 0.4) is 0 Å². The van der Waals surface area contributed by atoms with Gasteiger partial charge in [0.25, 0.3) is 5.91 Å². The molecule has 14 nitrogen and oxygen atoms in total. The molecule has 0 aliphatic heterocycles. The number of ether oxygens (including phenoxy) is 1. The van der Waals surface area contributed by atoms with Crippen molar-refractivity contribution < 1.29 is 42.2 Å². The Kier molecular flexibility index (Phi) is 12.0. The van der Waals surface area contributed by atoms with Crippen LogP contribution in [0.1, 0.15) is 39.9 Å². The lowest BCUT2D eigenvalue weighted by atomic mass is 10.1. The Morgan fingerprint density at radius 2 is 1.53 bits per heavy atom. The van der Waals surface area contributed by atoms with Gasteiger partial charge in [0.2, 0.25) is 11.9 Å². The van der Waals surface area contributed by atoms with Crippen molar-refractivity contribution in [3.8, 4) is 6.01 Å². The van der Waals surface area contributed by atoms with E-state index in [1.165, 1.54) is 24.3 Å². The topological polar surface area (TPSA) is 197 Å². The number of carbonyl (C=O) groups excluding carboxylic acids is 3. The van der Waals surface area contributed by atoms with Crippen molar-refractivity contribution in [2.75, 3.05) is 30.3 Å². The number of rotatable bonds is 15. The number of benzene rings is 3. The number of aliphatic carboxylic acids is 1. The fraction of sp³-hybridized carbons (Fsp3) is 0.286. The summed E-state index contributed by atoms with van der Waals surface area (Å²) in [5.74, 6) is -4.48. The number of hydrogen-bond donors (Lipinski definition) is 6. The molecule has 6 N–H and O–H groups in total. The third kappa shape index (κ3) is 11.3. The Bertz CT molecular complexity index is 1940. The van der Waals surface area contributed by atoms with Gasteiger partial charge >= 0.3 is 30.0 Å². The van der Waals surface area contributed by atoms with E-state index in [0.717, 1.165) is 16.7 Å². The second-order valence-electron chi connectivity index (χ2n) is 12.2. The van der Waals surface area contributed by atoms with Crippen molar-refractivity contribution in [1.82, 2.24) is 30.9 Å². The maximum absolute atomic E-state index is 12.9. The molecule has 3 amide bonds. The highest BCUT2D eigenvalue weighted by molar-refractivity contribution is 6.35. The molecule has 0 bridgehead atoms. The molecule has 5 rings (SSSR count). The second kappa shape index (κ2) is 16.6. The number of carboxylic acids is 1. The number of carbonyl (C=O) groups is 4. The van der Waals surface area contributed by atoms with Crippen LogP contribution < -0.4 is 31.3 Å². The molecule has 18 heteroatoms. The molecule has 1 heterocycles. The molecule has 3 aromatic carbocycles. The van der Waals surface area contributed by atoms with E-state index in [4.69, 9.17) is 16.3 Å². The first-order valence-electron chi connectivity index (χ1n) is 16.2. The second-order valence-corrected chi connectivity index (χ2v) is 12.6. The van der Waals surface area contributed by atoms with Crippen LogP contribution >= 0.6 is 11.6 Å². The molecule has 1 fully saturated rings. The summed E-state index contributed by atoms with van der Waals surface area (Å²) in [5, 5.41) is 23.1. The molecule has 4 aromatic rings. The summed E-state index contributed by atoms with van der Waals surface area (Å²) in [5.41, 5.74) is 2.71. The zero-order valence-electron chi connectivity index (χ0n) is 28.1. The quantitative estimate of drug-likeness (QED) is 0.0949. The van der Waals surface area contributed by atoms with Gasteiger partial charge in [-0.3, -0.25) is 14.4 Å². The van der Waals surface area contributed by atoms with Crippen molar-refractivity contribution in [1.29, 1.82) is 0 Å². The van der Waals surface area contributed by atoms with Crippen molar-refractivity contribution in [2.24, 2.45) is 0 Å². The summed E-state index contributed by atoms with van der Waals surface area (Å²) < 4.78 is 43.6. The van der Waals surface area contributed by atoms with Gasteiger partial charge in [-0.15, -0.1) is 0 Å². The highest BCUT2D eigenvalue weighted by Gasteiger charge is 2.45. The molecule has 1 aliphatic carbocycles. The number of carboxylic acid groups (broad SMARTS) is 1. The molecule has 0 unspecified atom stereocenters. The molecule has 1 saturated carbocycles. The Balaban J connectivity index is 1.18. The van der Waals surface area contributed by atoms with Gasteiger partial charge in [0.05, 0.1) is 5.54 Å². The van der Waals surface area contributed by atoms with Gasteiger partial charge in [0.1, 0.15) is 6.04 Å². The first-order valence-corrected chi connectivity index (χ1v) is 16.6. The maximum atomic E-state index is 12.9. The number of aromatic nitrogens is 3. The van der Waals surface area contributed by atoms with Gasteiger partial charge < -0.3 is 36.4 Å². The molecule has 1 aromatic heterocycles. The van der Waals surface area contributed by atoms with Crippen LogP contribution in [0.2, 0.25) is 5.02 Å². The van der Waals surface area contributed by atoms with Gasteiger partial charge in [-0.05, 0) is 73.7 Å². The largest absolute Gasteiger partial charge is 0.480 e. The van der Waals surface area contributed by atoms with Crippen LogP contribution in [0.25, 0.3) is 0 Å².